The number of rotatable bonds is 5. The summed E-state index contributed by atoms with van der Waals surface area (Å²) in [5, 5.41) is 10.4. The van der Waals surface area contributed by atoms with Gasteiger partial charge in [0.1, 0.15) is 11.1 Å². The first-order valence-corrected chi connectivity index (χ1v) is 11.1. The lowest BCUT2D eigenvalue weighted by Gasteiger charge is -2.12. The fourth-order valence-electron chi connectivity index (χ4n) is 2.94. The molecule has 1 aromatic heterocycles. The number of esters is 1. The van der Waals surface area contributed by atoms with Gasteiger partial charge in [-0.05, 0) is 70.6 Å². The quantitative estimate of drug-likeness (QED) is 0.131. The number of allylic oxidation sites excluding steroid dienone is 1. The second-order valence-electron chi connectivity index (χ2n) is 6.45. The Morgan fingerprint density at radius 1 is 1.13 bits per heavy atom. The lowest BCUT2D eigenvalue weighted by atomic mass is 10.1. The van der Waals surface area contributed by atoms with E-state index in [-0.39, 0.29) is 0 Å². The van der Waals surface area contributed by atoms with E-state index >= 15 is 0 Å². The third kappa shape index (κ3) is 4.60. The van der Waals surface area contributed by atoms with Gasteiger partial charge in [0, 0.05) is 0 Å². The average Bonchev–Trinajstić information content (AvgIpc) is 3.23. The number of hydrogen-bond acceptors (Lipinski definition) is 6. The molecule has 4 aromatic rings. The van der Waals surface area contributed by atoms with Crippen molar-refractivity contribution in [3.63, 3.8) is 0 Å². The molecule has 0 atom stereocenters. The van der Waals surface area contributed by atoms with Gasteiger partial charge in [-0.25, -0.2) is 9.78 Å². The van der Waals surface area contributed by atoms with Crippen molar-refractivity contribution in [2.45, 2.75) is 0 Å². The molecule has 0 radical (unpaired) electrons. The fourth-order valence-corrected chi connectivity index (χ4v) is 4.61. The van der Waals surface area contributed by atoms with E-state index in [1.54, 1.807) is 36.4 Å². The van der Waals surface area contributed by atoms with Crippen LogP contribution in [0.1, 0.15) is 20.9 Å². The number of thiazole rings is 1. The summed E-state index contributed by atoms with van der Waals surface area (Å²) in [7, 11) is 1.51. The van der Waals surface area contributed by atoms with E-state index in [1.165, 1.54) is 18.4 Å². The number of nitrogens with zero attached hydrogens (tertiary/aromatic N) is 2. The molecule has 0 aliphatic carbocycles. The van der Waals surface area contributed by atoms with Crippen LogP contribution in [0.15, 0.2) is 66.7 Å². The van der Waals surface area contributed by atoms with Gasteiger partial charge in [0.05, 0.1) is 32.0 Å². The van der Waals surface area contributed by atoms with Crippen molar-refractivity contribution in [1.29, 1.82) is 5.26 Å². The number of aromatic nitrogens is 1. The highest BCUT2D eigenvalue weighted by Gasteiger charge is 2.17. The molecule has 0 unspecified atom stereocenters. The highest BCUT2D eigenvalue weighted by atomic mass is 127. The Hall–Kier alpha value is -3.22. The van der Waals surface area contributed by atoms with Gasteiger partial charge in [-0.1, -0.05) is 30.3 Å². The Morgan fingerprint density at radius 3 is 2.58 bits per heavy atom. The Kier molecular flexibility index (Phi) is 6.30. The Morgan fingerprint density at radius 2 is 1.87 bits per heavy atom. The number of hydrogen-bond donors (Lipinski definition) is 0. The number of benzene rings is 3. The molecule has 7 heteroatoms. The summed E-state index contributed by atoms with van der Waals surface area (Å²) in [5.74, 6) is 0.281. The van der Waals surface area contributed by atoms with Gasteiger partial charge >= 0.3 is 5.97 Å². The highest BCUT2D eigenvalue weighted by Crippen LogP contribution is 2.36. The van der Waals surface area contributed by atoms with Crippen molar-refractivity contribution >= 4 is 61.8 Å². The van der Waals surface area contributed by atoms with Crippen molar-refractivity contribution in [3.05, 3.63) is 86.4 Å². The molecular formula is C24H15IN2O3S. The van der Waals surface area contributed by atoms with E-state index in [1.807, 2.05) is 36.4 Å². The average molecular weight is 538 g/mol. The Balaban J connectivity index is 1.68. The predicted octanol–water partition coefficient (Wildman–Crippen LogP) is 6.19. The molecule has 0 spiro atoms. The van der Waals surface area contributed by atoms with E-state index < -0.39 is 5.97 Å². The standard InChI is InChI=1S/C24H15IN2O3S/c1-29-20-13-15(11-17(14-26)23-27-19-9-5-6-10-21(19)31-23)12-18(25)22(20)30-24(28)16-7-3-2-4-8-16/h2-13H,1H3/b17-11-. The third-order valence-corrected chi connectivity index (χ3v) is 6.28. The van der Waals surface area contributed by atoms with Gasteiger partial charge in [0.15, 0.2) is 11.5 Å². The largest absolute Gasteiger partial charge is 0.493 e. The first-order chi connectivity index (χ1) is 15.1. The van der Waals surface area contributed by atoms with Crippen molar-refractivity contribution in [1.82, 2.24) is 4.98 Å². The number of carbonyl (C=O) groups excluding carboxylic acids is 1. The number of halogens is 1. The predicted molar refractivity (Wildman–Crippen MR) is 130 cm³/mol. The molecule has 0 aliphatic heterocycles. The van der Waals surface area contributed by atoms with Crippen molar-refractivity contribution in [3.8, 4) is 17.6 Å². The van der Waals surface area contributed by atoms with Gasteiger partial charge in [-0.15, -0.1) is 11.3 Å². The fraction of sp³-hybridized carbons (Fsp3) is 0.0417. The molecule has 152 valence electrons. The summed E-state index contributed by atoms with van der Waals surface area (Å²) in [6.07, 6.45) is 1.76. The van der Waals surface area contributed by atoms with E-state index in [9.17, 15) is 10.1 Å². The van der Waals surface area contributed by atoms with Crippen LogP contribution < -0.4 is 9.47 Å². The minimum atomic E-state index is -0.465. The van der Waals surface area contributed by atoms with Gasteiger partial charge in [-0.3, -0.25) is 0 Å². The molecular weight excluding hydrogens is 523 g/mol. The third-order valence-electron chi connectivity index (χ3n) is 4.41. The van der Waals surface area contributed by atoms with Crippen LogP contribution in [0.2, 0.25) is 0 Å². The summed E-state index contributed by atoms with van der Waals surface area (Å²) < 4.78 is 12.8. The van der Waals surface area contributed by atoms with E-state index in [4.69, 9.17) is 9.47 Å². The van der Waals surface area contributed by atoms with E-state index in [2.05, 4.69) is 33.6 Å². The molecule has 4 rings (SSSR count). The zero-order valence-electron chi connectivity index (χ0n) is 16.3. The number of nitriles is 1. The summed E-state index contributed by atoms with van der Waals surface area (Å²) in [6.45, 7) is 0. The second kappa shape index (κ2) is 9.29. The zero-order chi connectivity index (χ0) is 21.8. The SMILES string of the molecule is COc1cc(/C=C(/C#N)c2nc3ccccc3s2)cc(I)c1OC(=O)c1ccccc1. The molecule has 0 fully saturated rings. The molecule has 0 bridgehead atoms. The molecule has 0 amide bonds. The van der Waals surface area contributed by atoms with Gasteiger partial charge < -0.3 is 9.47 Å². The summed E-state index contributed by atoms with van der Waals surface area (Å²) >= 11 is 3.56. The minimum Gasteiger partial charge on any atom is -0.493 e. The topological polar surface area (TPSA) is 72.2 Å². The lowest BCUT2D eigenvalue weighted by molar-refractivity contribution is 0.0728. The normalized spacial score (nSPS) is 11.2. The van der Waals surface area contributed by atoms with Crippen LogP contribution in [0.3, 0.4) is 0 Å². The van der Waals surface area contributed by atoms with Crippen molar-refractivity contribution in [2.24, 2.45) is 0 Å². The number of ether oxygens (including phenoxy) is 2. The summed E-state index contributed by atoms with van der Waals surface area (Å²) in [5.41, 5.74) is 2.51. The molecule has 31 heavy (non-hydrogen) atoms. The van der Waals surface area contributed by atoms with Gasteiger partial charge in [-0.2, -0.15) is 5.26 Å². The molecule has 0 aliphatic rings. The van der Waals surface area contributed by atoms with Crippen LogP contribution in [-0.2, 0) is 0 Å². The molecule has 0 N–H and O–H groups in total. The van der Waals surface area contributed by atoms with Crippen molar-refractivity contribution < 1.29 is 14.3 Å². The first-order valence-electron chi connectivity index (χ1n) is 9.21. The van der Waals surface area contributed by atoms with Crippen LogP contribution in [0.4, 0.5) is 0 Å². The summed E-state index contributed by atoms with van der Waals surface area (Å²) in [4.78, 5) is 17.0. The molecule has 3 aromatic carbocycles. The van der Waals surface area contributed by atoms with E-state index in [0.29, 0.717) is 31.2 Å². The maximum Gasteiger partial charge on any atom is 0.343 e. The van der Waals surface area contributed by atoms with Gasteiger partial charge in [0.2, 0.25) is 0 Å². The van der Waals surface area contributed by atoms with Crippen LogP contribution in [0.25, 0.3) is 21.9 Å². The monoisotopic (exact) mass is 538 g/mol. The molecule has 1 heterocycles. The second-order valence-corrected chi connectivity index (χ2v) is 8.64. The van der Waals surface area contributed by atoms with Gasteiger partial charge in [0.25, 0.3) is 0 Å². The van der Waals surface area contributed by atoms with Crippen LogP contribution in [0, 0.1) is 14.9 Å². The number of methoxy groups -OCH3 is 1. The zero-order valence-corrected chi connectivity index (χ0v) is 19.3. The maximum atomic E-state index is 12.5. The number of para-hydroxylation sites is 1. The number of carbonyl (C=O) groups is 1. The lowest BCUT2D eigenvalue weighted by Crippen LogP contribution is -2.10. The van der Waals surface area contributed by atoms with Crippen LogP contribution in [-0.4, -0.2) is 18.1 Å². The summed E-state index contributed by atoms with van der Waals surface area (Å²) in [6, 6.07) is 22.3. The minimum absolute atomic E-state index is 0.340. The Bertz CT molecular complexity index is 1310. The molecule has 0 saturated carbocycles. The number of fused-ring (bicyclic) bond motifs is 1. The molecule has 5 nitrogen and oxygen atoms in total. The van der Waals surface area contributed by atoms with Crippen LogP contribution >= 0.6 is 33.9 Å². The van der Waals surface area contributed by atoms with E-state index in [0.717, 1.165) is 15.8 Å². The van der Waals surface area contributed by atoms with Crippen LogP contribution in [0.5, 0.6) is 11.5 Å². The Labute approximate surface area is 196 Å². The molecule has 0 saturated heterocycles. The maximum absolute atomic E-state index is 12.5. The smallest absolute Gasteiger partial charge is 0.343 e. The van der Waals surface area contributed by atoms with Crippen molar-refractivity contribution in [2.75, 3.05) is 7.11 Å². The highest BCUT2D eigenvalue weighted by molar-refractivity contribution is 14.1. The first kappa shape index (κ1) is 21.0.